The van der Waals surface area contributed by atoms with Gasteiger partial charge in [0, 0.05) is 50.7 Å². The molecule has 2 fully saturated rings. The first-order valence-corrected chi connectivity index (χ1v) is 20.9. The first-order valence-electron chi connectivity index (χ1n) is 20.9. The minimum atomic E-state index is -0.431. The number of benzene rings is 5. The van der Waals surface area contributed by atoms with Crippen molar-refractivity contribution in [1.82, 2.24) is 15.1 Å². The normalized spacial score (nSPS) is 18.2. The molecule has 5 aromatic rings. The van der Waals surface area contributed by atoms with Crippen molar-refractivity contribution in [3.8, 4) is 17.2 Å². The number of imide groups is 1. The maximum Gasteiger partial charge on any atom is 0.328 e. The third-order valence-corrected chi connectivity index (χ3v) is 11.7. The van der Waals surface area contributed by atoms with Crippen molar-refractivity contribution in [3.63, 3.8) is 0 Å². The monoisotopic (exact) mass is 792 g/mol. The predicted molar refractivity (Wildman–Crippen MR) is 228 cm³/mol. The zero-order valence-corrected chi connectivity index (χ0v) is 33.5. The molecule has 0 saturated carbocycles. The fourth-order valence-corrected chi connectivity index (χ4v) is 8.49. The van der Waals surface area contributed by atoms with Crippen LogP contribution >= 0.6 is 0 Å². The standard InChI is InChI=1S/C49H52N4O6/c54-46-25-27-53(49(56)50-46)40-16-20-42(21-17-40)59-35-47(55)52-30-28-51(29-31-52)26-7-8-32-57-41-18-13-38(14-19-41)48-44(37-11-5-2-6-12-37)23-15-39-33-43(22-24-45(39)48)58-34-36-9-3-1-4-10-36/h1-6,9-14,16-22,24,33,44,48H,7-8,15,23,25-32,34-35H2,(H,50,54,56)/t44-,48+/m1/s1. The van der Waals surface area contributed by atoms with Crippen molar-refractivity contribution in [2.45, 2.75) is 50.5 Å². The largest absolute Gasteiger partial charge is 0.494 e. The second-order valence-electron chi connectivity index (χ2n) is 15.6. The number of ether oxygens (including phenoxy) is 3. The van der Waals surface area contributed by atoms with Crippen LogP contribution in [0.3, 0.4) is 0 Å². The highest BCUT2D eigenvalue weighted by atomic mass is 16.5. The lowest BCUT2D eigenvalue weighted by atomic mass is 9.69. The van der Waals surface area contributed by atoms with Gasteiger partial charge in [0.05, 0.1) is 6.61 Å². The number of rotatable bonds is 15. The van der Waals surface area contributed by atoms with Crippen LogP contribution in [0.2, 0.25) is 0 Å². The molecule has 304 valence electrons. The van der Waals surface area contributed by atoms with Gasteiger partial charge in [-0.15, -0.1) is 0 Å². The van der Waals surface area contributed by atoms with Crippen LogP contribution in [0.1, 0.15) is 65.3 Å². The maximum absolute atomic E-state index is 12.9. The molecule has 4 amide bonds. The van der Waals surface area contributed by atoms with Gasteiger partial charge in [-0.1, -0.05) is 78.9 Å². The van der Waals surface area contributed by atoms with E-state index in [-0.39, 0.29) is 30.8 Å². The Balaban J connectivity index is 0.771. The van der Waals surface area contributed by atoms with Gasteiger partial charge in [-0.05, 0) is 114 Å². The number of carbonyl (C=O) groups excluding carboxylic acids is 3. The van der Waals surface area contributed by atoms with E-state index in [2.05, 4.69) is 95.1 Å². The number of amides is 4. The number of carbonyl (C=O) groups is 3. The van der Waals surface area contributed by atoms with E-state index in [1.807, 2.05) is 23.1 Å². The molecule has 2 atom stereocenters. The number of aryl methyl sites for hydroxylation is 1. The van der Waals surface area contributed by atoms with E-state index in [0.29, 0.717) is 50.2 Å². The van der Waals surface area contributed by atoms with Gasteiger partial charge in [0.25, 0.3) is 5.91 Å². The van der Waals surface area contributed by atoms with Crippen LogP contribution in [-0.4, -0.2) is 80.1 Å². The summed E-state index contributed by atoms with van der Waals surface area (Å²) in [5.74, 6) is 2.68. The summed E-state index contributed by atoms with van der Waals surface area (Å²) in [6.45, 7) is 5.49. The molecule has 10 nitrogen and oxygen atoms in total. The molecule has 0 bridgehead atoms. The van der Waals surface area contributed by atoms with Gasteiger partial charge in [-0.3, -0.25) is 24.7 Å². The van der Waals surface area contributed by atoms with Crippen LogP contribution in [-0.2, 0) is 22.6 Å². The maximum atomic E-state index is 12.9. The molecule has 5 aromatic carbocycles. The summed E-state index contributed by atoms with van der Waals surface area (Å²) in [4.78, 5) is 42.2. The first-order chi connectivity index (χ1) is 29.0. The van der Waals surface area contributed by atoms with E-state index in [0.717, 1.165) is 62.4 Å². The molecular weight excluding hydrogens is 741 g/mol. The fraction of sp³-hybridized carbons (Fsp3) is 0.327. The summed E-state index contributed by atoms with van der Waals surface area (Å²) in [6.07, 6.45) is 4.33. The third kappa shape index (κ3) is 10.1. The van der Waals surface area contributed by atoms with Crippen LogP contribution in [0.15, 0.2) is 127 Å². The lowest BCUT2D eigenvalue weighted by molar-refractivity contribution is -0.135. The summed E-state index contributed by atoms with van der Waals surface area (Å²) >= 11 is 0. The number of anilines is 1. The molecule has 1 aliphatic carbocycles. The smallest absolute Gasteiger partial charge is 0.328 e. The fourth-order valence-electron chi connectivity index (χ4n) is 8.49. The molecule has 3 aliphatic rings. The van der Waals surface area contributed by atoms with Crippen molar-refractivity contribution in [3.05, 3.63) is 155 Å². The molecule has 0 radical (unpaired) electrons. The van der Waals surface area contributed by atoms with Crippen LogP contribution in [0, 0.1) is 0 Å². The Morgan fingerprint density at radius 1 is 0.661 bits per heavy atom. The Labute approximate surface area is 346 Å². The van der Waals surface area contributed by atoms with E-state index in [1.165, 1.54) is 27.2 Å². The zero-order chi connectivity index (χ0) is 40.4. The Morgan fingerprint density at radius 2 is 1.36 bits per heavy atom. The lowest BCUT2D eigenvalue weighted by Gasteiger charge is -2.35. The van der Waals surface area contributed by atoms with Crippen molar-refractivity contribution in [1.29, 1.82) is 0 Å². The quantitative estimate of drug-likeness (QED) is 0.108. The van der Waals surface area contributed by atoms with Crippen LogP contribution in [0.25, 0.3) is 0 Å². The molecule has 10 heteroatoms. The molecule has 0 spiro atoms. The highest BCUT2D eigenvalue weighted by Crippen LogP contribution is 2.47. The zero-order valence-electron chi connectivity index (χ0n) is 33.5. The second-order valence-corrected chi connectivity index (χ2v) is 15.6. The SMILES string of the molecule is O=C1CCN(c2ccc(OCC(=O)N3CCN(CCCCOc4ccc([C@@H]5c6ccc(OCc7ccccc7)cc6CC[C@@H]5c5ccccc5)cc4)CC3)cc2)C(=O)N1. The molecule has 1 N–H and O–H groups in total. The Hall–Kier alpha value is -6.13. The second kappa shape index (κ2) is 19.1. The summed E-state index contributed by atoms with van der Waals surface area (Å²) in [6, 6.07) is 43.2. The van der Waals surface area contributed by atoms with Crippen LogP contribution in [0.4, 0.5) is 10.5 Å². The minimum Gasteiger partial charge on any atom is -0.494 e. The molecule has 2 saturated heterocycles. The Bertz CT molecular complexity index is 2170. The van der Waals surface area contributed by atoms with E-state index in [4.69, 9.17) is 14.2 Å². The van der Waals surface area contributed by atoms with Gasteiger partial charge in [0.15, 0.2) is 6.61 Å². The average molecular weight is 793 g/mol. The van der Waals surface area contributed by atoms with E-state index < -0.39 is 6.03 Å². The molecule has 0 aromatic heterocycles. The van der Waals surface area contributed by atoms with Gasteiger partial charge in [-0.2, -0.15) is 0 Å². The molecule has 2 aliphatic heterocycles. The first kappa shape index (κ1) is 39.7. The number of piperazine rings is 1. The number of hydrogen-bond donors (Lipinski definition) is 1. The van der Waals surface area contributed by atoms with Gasteiger partial charge >= 0.3 is 6.03 Å². The summed E-state index contributed by atoms with van der Waals surface area (Å²) in [5.41, 5.74) is 7.25. The van der Waals surface area contributed by atoms with Crippen molar-refractivity contribution >= 4 is 23.5 Å². The predicted octanol–water partition coefficient (Wildman–Crippen LogP) is 7.96. The van der Waals surface area contributed by atoms with E-state index in [9.17, 15) is 14.4 Å². The van der Waals surface area contributed by atoms with Crippen LogP contribution < -0.4 is 24.4 Å². The van der Waals surface area contributed by atoms with Crippen LogP contribution in [0.5, 0.6) is 17.2 Å². The van der Waals surface area contributed by atoms with Crippen molar-refractivity contribution in [2.24, 2.45) is 0 Å². The Morgan fingerprint density at radius 3 is 2.10 bits per heavy atom. The summed E-state index contributed by atoms with van der Waals surface area (Å²) < 4.78 is 18.2. The number of unbranched alkanes of at least 4 members (excludes halogenated alkanes) is 1. The molecule has 8 rings (SSSR count). The number of hydrogen-bond acceptors (Lipinski definition) is 7. The molecular formula is C49H52N4O6. The highest BCUT2D eigenvalue weighted by Gasteiger charge is 2.32. The minimum absolute atomic E-state index is 0.0379. The lowest BCUT2D eigenvalue weighted by Crippen LogP contribution is -2.50. The number of nitrogens with one attached hydrogen (secondary N) is 1. The molecule has 0 unspecified atom stereocenters. The number of fused-ring (bicyclic) bond motifs is 1. The van der Waals surface area contributed by atoms with E-state index in [1.54, 1.807) is 24.3 Å². The van der Waals surface area contributed by atoms with Gasteiger partial charge < -0.3 is 19.1 Å². The highest BCUT2D eigenvalue weighted by molar-refractivity contribution is 6.05. The summed E-state index contributed by atoms with van der Waals surface area (Å²) in [5, 5.41) is 2.32. The van der Waals surface area contributed by atoms with E-state index >= 15 is 0 Å². The number of urea groups is 1. The van der Waals surface area contributed by atoms with Gasteiger partial charge in [-0.25, -0.2) is 4.79 Å². The number of nitrogens with zero attached hydrogens (tertiary/aromatic N) is 3. The Kier molecular flexibility index (Phi) is 12.8. The third-order valence-electron chi connectivity index (χ3n) is 11.7. The van der Waals surface area contributed by atoms with Crippen molar-refractivity contribution < 1.29 is 28.6 Å². The molecule has 2 heterocycles. The van der Waals surface area contributed by atoms with Gasteiger partial charge in [0.1, 0.15) is 23.9 Å². The molecule has 59 heavy (non-hydrogen) atoms. The van der Waals surface area contributed by atoms with Crippen molar-refractivity contribution in [2.75, 3.05) is 57.4 Å². The van der Waals surface area contributed by atoms with Gasteiger partial charge in [0.2, 0.25) is 5.91 Å². The topological polar surface area (TPSA) is 101 Å². The average Bonchev–Trinajstić information content (AvgIpc) is 3.28. The summed E-state index contributed by atoms with van der Waals surface area (Å²) in [7, 11) is 0.